The van der Waals surface area contributed by atoms with E-state index < -0.39 is 0 Å². The van der Waals surface area contributed by atoms with Gasteiger partial charge in [-0.05, 0) is 29.5 Å². The summed E-state index contributed by atoms with van der Waals surface area (Å²) in [7, 11) is 0. The van der Waals surface area contributed by atoms with E-state index in [0.29, 0.717) is 19.8 Å². The van der Waals surface area contributed by atoms with Crippen LogP contribution in [-0.4, -0.2) is 31.5 Å². The van der Waals surface area contributed by atoms with Crippen molar-refractivity contribution in [2.45, 2.75) is 32.6 Å². The molecule has 3 heteroatoms. The van der Waals surface area contributed by atoms with E-state index >= 15 is 0 Å². The molecule has 0 aliphatic rings. The Morgan fingerprint density at radius 2 is 1.72 bits per heavy atom. The molecule has 0 amide bonds. The Morgan fingerprint density at radius 1 is 1.06 bits per heavy atom. The van der Waals surface area contributed by atoms with E-state index in [1.807, 2.05) is 12.1 Å². The van der Waals surface area contributed by atoms with Crippen molar-refractivity contribution < 1.29 is 14.6 Å². The van der Waals surface area contributed by atoms with Gasteiger partial charge in [-0.2, -0.15) is 0 Å². The Kier molecular flexibility index (Phi) is 6.16. The molecule has 1 rings (SSSR count). The third-order valence-corrected chi connectivity index (χ3v) is 3.25. The summed E-state index contributed by atoms with van der Waals surface area (Å²) < 4.78 is 10.7. The molecule has 102 valence electrons. The van der Waals surface area contributed by atoms with Crippen LogP contribution in [0.5, 0.6) is 5.75 Å². The number of ether oxygens (including phenoxy) is 2. The number of hydrogen-bond acceptors (Lipinski definition) is 3. The number of aliphatic hydroxyl groups excluding tert-OH is 1. The molecule has 0 aliphatic carbocycles. The highest BCUT2D eigenvalue weighted by molar-refractivity contribution is 5.31. The molecule has 0 radical (unpaired) electrons. The van der Waals surface area contributed by atoms with E-state index in [1.54, 1.807) is 0 Å². The predicted octanol–water partition coefficient (Wildman–Crippen LogP) is 2.76. The van der Waals surface area contributed by atoms with E-state index in [-0.39, 0.29) is 12.0 Å². The van der Waals surface area contributed by atoms with Gasteiger partial charge in [0.1, 0.15) is 12.4 Å². The Balaban J connectivity index is 2.41. The molecular formula is C15H24O3. The van der Waals surface area contributed by atoms with E-state index in [1.165, 1.54) is 5.56 Å². The van der Waals surface area contributed by atoms with Crippen molar-refractivity contribution in [1.82, 2.24) is 0 Å². The number of hydrogen-bond donors (Lipinski definition) is 1. The van der Waals surface area contributed by atoms with Crippen LogP contribution < -0.4 is 4.74 Å². The smallest absolute Gasteiger partial charge is 0.119 e. The standard InChI is InChI=1S/C15H24O3/c1-4-15(2,3)13-5-7-14(8-6-13)18-12-11-17-10-9-16/h5-8,16H,4,9-12H2,1-3H3. The first-order chi connectivity index (χ1) is 8.60. The molecular weight excluding hydrogens is 228 g/mol. The first-order valence-electron chi connectivity index (χ1n) is 6.52. The summed E-state index contributed by atoms with van der Waals surface area (Å²) in [6, 6.07) is 8.23. The maximum Gasteiger partial charge on any atom is 0.119 e. The minimum atomic E-state index is 0.0563. The molecule has 0 heterocycles. The average molecular weight is 252 g/mol. The second-order valence-electron chi connectivity index (χ2n) is 4.95. The van der Waals surface area contributed by atoms with Crippen LogP contribution in [-0.2, 0) is 10.2 Å². The van der Waals surface area contributed by atoms with Gasteiger partial charge in [-0.15, -0.1) is 0 Å². The lowest BCUT2D eigenvalue weighted by molar-refractivity contribution is 0.0705. The number of rotatable bonds is 8. The molecule has 0 unspecified atom stereocenters. The van der Waals surface area contributed by atoms with Crippen LogP contribution in [0.25, 0.3) is 0 Å². The molecule has 0 aliphatic heterocycles. The molecule has 0 spiro atoms. The number of aliphatic hydroxyl groups is 1. The molecule has 1 aromatic carbocycles. The first-order valence-corrected chi connectivity index (χ1v) is 6.52. The second-order valence-corrected chi connectivity index (χ2v) is 4.95. The fourth-order valence-corrected chi connectivity index (χ4v) is 1.59. The van der Waals surface area contributed by atoms with Gasteiger partial charge in [0.2, 0.25) is 0 Å². The summed E-state index contributed by atoms with van der Waals surface area (Å²) >= 11 is 0. The zero-order chi connectivity index (χ0) is 13.4. The first kappa shape index (κ1) is 15.0. The largest absolute Gasteiger partial charge is 0.491 e. The van der Waals surface area contributed by atoms with Gasteiger partial charge in [0.15, 0.2) is 0 Å². The third-order valence-electron chi connectivity index (χ3n) is 3.25. The van der Waals surface area contributed by atoms with E-state index in [0.717, 1.165) is 12.2 Å². The predicted molar refractivity (Wildman–Crippen MR) is 73.2 cm³/mol. The molecule has 18 heavy (non-hydrogen) atoms. The van der Waals surface area contributed by atoms with Crippen molar-refractivity contribution in [2.24, 2.45) is 0 Å². The van der Waals surface area contributed by atoms with Crippen molar-refractivity contribution in [3.05, 3.63) is 29.8 Å². The summed E-state index contributed by atoms with van der Waals surface area (Å²) in [6.07, 6.45) is 1.11. The Labute approximate surface area is 110 Å². The molecule has 0 saturated heterocycles. The highest BCUT2D eigenvalue weighted by Crippen LogP contribution is 2.27. The second kappa shape index (κ2) is 7.39. The summed E-state index contributed by atoms with van der Waals surface area (Å²) in [5, 5.41) is 8.55. The molecule has 0 saturated carbocycles. The lowest BCUT2D eigenvalue weighted by Crippen LogP contribution is -2.15. The summed E-state index contributed by atoms with van der Waals surface area (Å²) in [4.78, 5) is 0. The normalized spacial score (nSPS) is 11.6. The maximum atomic E-state index is 8.55. The molecule has 0 fully saturated rings. The van der Waals surface area contributed by atoms with Gasteiger partial charge in [0.25, 0.3) is 0 Å². The van der Waals surface area contributed by atoms with Crippen molar-refractivity contribution in [3.63, 3.8) is 0 Å². The van der Waals surface area contributed by atoms with Crippen molar-refractivity contribution in [3.8, 4) is 5.75 Å². The van der Waals surface area contributed by atoms with Crippen LogP contribution in [0.3, 0.4) is 0 Å². The van der Waals surface area contributed by atoms with Gasteiger partial charge in [-0.25, -0.2) is 0 Å². The van der Waals surface area contributed by atoms with Crippen molar-refractivity contribution in [1.29, 1.82) is 0 Å². The van der Waals surface area contributed by atoms with Crippen LogP contribution in [0.15, 0.2) is 24.3 Å². The van der Waals surface area contributed by atoms with Crippen molar-refractivity contribution in [2.75, 3.05) is 26.4 Å². The monoisotopic (exact) mass is 252 g/mol. The molecule has 0 atom stereocenters. The maximum absolute atomic E-state index is 8.55. The summed E-state index contributed by atoms with van der Waals surface area (Å²) in [6.45, 7) is 8.12. The number of benzene rings is 1. The van der Waals surface area contributed by atoms with Gasteiger partial charge < -0.3 is 14.6 Å². The topological polar surface area (TPSA) is 38.7 Å². The summed E-state index contributed by atoms with van der Waals surface area (Å²) in [5.74, 6) is 0.859. The van der Waals surface area contributed by atoms with Crippen LogP contribution in [0.4, 0.5) is 0 Å². The van der Waals surface area contributed by atoms with E-state index in [2.05, 4.69) is 32.9 Å². The van der Waals surface area contributed by atoms with Gasteiger partial charge in [-0.1, -0.05) is 32.9 Å². The van der Waals surface area contributed by atoms with Crippen molar-refractivity contribution >= 4 is 0 Å². The van der Waals surface area contributed by atoms with Crippen LogP contribution in [0.1, 0.15) is 32.8 Å². The minimum absolute atomic E-state index is 0.0563. The fraction of sp³-hybridized carbons (Fsp3) is 0.600. The van der Waals surface area contributed by atoms with E-state index in [4.69, 9.17) is 14.6 Å². The Bertz CT molecular complexity index is 330. The van der Waals surface area contributed by atoms with Gasteiger partial charge >= 0.3 is 0 Å². The zero-order valence-corrected chi connectivity index (χ0v) is 11.6. The fourth-order valence-electron chi connectivity index (χ4n) is 1.59. The molecule has 1 aromatic rings. The van der Waals surface area contributed by atoms with Crippen LogP contribution in [0.2, 0.25) is 0 Å². The Morgan fingerprint density at radius 3 is 2.28 bits per heavy atom. The van der Waals surface area contributed by atoms with Gasteiger partial charge in [-0.3, -0.25) is 0 Å². The Hall–Kier alpha value is -1.06. The molecule has 1 N–H and O–H groups in total. The molecule has 0 aromatic heterocycles. The highest BCUT2D eigenvalue weighted by Gasteiger charge is 2.17. The van der Waals surface area contributed by atoms with Crippen LogP contribution >= 0.6 is 0 Å². The molecule has 3 nitrogen and oxygen atoms in total. The minimum Gasteiger partial charge on any atom is -0.491 e. The zero-order valence-electron chi connectivity index (χ0n) is 11.6. The quantitative estimate of drug-likeness (QED) is 0.723. The third kappa shape index (κ3) is 4.67. The molecule has 0 bridgehead atoms. The highest BCUT2D eigenvalue weighted by atomic mass is 16.5. The van der Waals surface area contributed by atoms with Crippen LogP contribution in [0, 0.1) is 0 Å². The summed E-state index contributed by atoms with van der Waals surface area (Å²) in [5.41, 5.74) is 1.54. The van der Waals surface area contributed by atoms with Gasteiger partial charge in [0.05, 0.1) is 19.8 Å². The van der Waals surface area contributed by atoms with E-state index in [9.17, 15) is 0 Å². The van der Waals surface area contributed by atoms with Gasteiger partial charge in [0, 0.05) is 0 Å². The average Bonchev–Trinajstić information content (AvgIpc) is 2.39. The SMILES string of the molecule is CCC(C)(C)c1ccc(OCCOCCO)cc1. The lowest BCUT2D eigenvalue weighted by Gasteiger charge is -2.23. The lowest BCUT2D eigenvalue weighted by atomic mass is 9.82.